The molecule has 0 fully saturated rings. The number of aromatic nitrogens is 2. The number of nitrogens with zero attached hydrogens (tertiary/aromatic N) is 2. The Labute approximate surface area is 178 Å². The zero-order chi connectivity index (χ0) is 21.8. The standard InChI is InChI=1S/C22H23N3O4S/c1-14-19(21(27)25(24(14)3)16-10-6-5-7-11-16)23-20(26)17-12-8-9-13-18(17)30-15(2)22(28)29-4/h5-13,15H,1-4H3,(H,23,26). The molecule has 3 rings (SSSR count). The molecule has 156 valence electrons. The van der Waals surface area contributed by atoms with Gasteiger partial charge in [-0.15, -0.1) is 11.8 Å². The third kappa shape index (κ3) is 4.18. The number of ether oxygens (including phenoxy) is 1. The molecule has 0 aliphatic heterocycles. The van der Waals surface area contributed by atoms with E-state index in [0.29, 0.717) is 21.8 Å². The molecule has 0 saturated heterocycles. The van der Waals surface area contributed by atoms with Gasteiger partial charge in [0.15, 0.2) is 0 Å². The van der Waals surface area contributed by atoms with E-state index in [9.17, 15) is 14.4 Å². The van der Waals surface area contributed by atoms with E-state index in [0.717, 1.165) is 0 Å². The Morgan fingerprint density at radius 1 is 1.07 bits per heavy atom. The van der Waals surface area contributed by atoms with Crippen LogP contribution in [0.2, 0.25) is 0 Å². The van der Waals surface area contributed by atoms with Gasteiger partial charge in [0.25, 0.3) is 11.5 Å². The van der Waals surface area contributed by atoms with Crippen molar-refractivity contribution >= 4 is 29.3 Å². The number of hydrogen-bond acceptors (Lipinski definition) is 5. The van der Waals surface area contributed by atoms with E-state index < -0.39 is 11.2 Å². The molecule has 2 aromatic carbocycles. The molecular formula is C22H23N3O4S. The lowest BCUT2D eigenvalue weighted by atomic mass is 10.2. The molecule has 7 nitrogen and oxygen atoms in total. The van der Waals surface area contributed by atoms with Gasteiger partial charge in [-0.05, 0) is 38.1 Å². The molecule has 0 bridgehead atoms. The number of anilines is 1. The fraction of sp³-hybridized carbons (Fsp3) is 0.227. The van der Waals surface area contributed by atoms with Gasteiger partial charge in [0.1, 0.15) is 10.9 Å². The molecule has 0 saturated carbocycles. The monoisotopic (exact) mass is 425 g/mol. The highest BCUT2D eigenvalue weighted by atomic mass is 32.2. The van der Waals surface area contributed by atoms with Gasteiger partial charge in [0, 0.05) is 11.9 Å². The Balaban J connectivity index is 1.93. The van der Waals surface area contributed by atoms with E-state index in [1.165, 1.54) is 23.6 Å². The first kappa shape index (κ1) is 21.4. The molecule has 1 aromatic heterocycles. The maximum atomic E-state index is 13.0. The highest BCUT2D eigenvalue weighted by Gasteiger charge is 2.22. The highest BCUT2D eigenvalue weighted by Crippen LogP contribution is 2.28. The van der Waals surface area contributed by atoms with Crippen LogP contribution < -0.4 is 10.9 Å². The van der Waals surface area contributed by atoms with Crippen LogP contribution in [-0.4, -0.2) is 33.6 Å². The van der Waals surface area contributed by atoms with Crippen LogP contribution in [0, 0.1) is 6.92 Å². The van der Waals surface area contributed by atoms with Crippen molar-refractivity contribution in [3.05, 3.63) is 76.2 Å². The van der Waals surface area contributed by atoms with Crippen molar-refractivity contribution in [2.75, 3.05) is 12.4 Å². The number of benzene rings is 2. The number of thioether (sulfide) groups is 1. The second-order valence-corrected chi connectivity index (χ2v) is 8.05. The second-order valence-electron chi connectivity index (χ2n) is 6.67. The van der Waals surface area contributed by atoms with E-state index in [2.05, 4.69) is 5.32 Å². The minimum atomic E-state index is -0.474. The summed E-state index contributed by atoms with van der Waals surface area (Å²) in [7, 11) is 3.09. The molecule has 0 radical (unpaired) electrons. The third-order valence-corrected chi connectivity index (χ3v) is 5.92. The first-order chi connectivity index (χ1) is 14.3. The summed E-state index contributed by atoms with van der Waals surface area (Å²) in [5.74, 6) is -0.791. The van der Waals surface area contributed by atoms with Crippen molar-refractivity contribution in [3.8, 4) is 5.69 Å². The molecule has 1 heterocycles. The summed E-state index contributed by atoms with van der Waals surface area (Å²) < 4.78 is 7.97. The Morgan fingerprint density at radius 3 is 2.37 bits per heavy atom. The Bertz CT molecular complexity index is 1140. The summed E-state index contributed by atoms with van der Waals surface area (Å²) in [6, 6.07) is 16.2. The topological polar surface area (TPSA) is 82.3 Å². The van der Waals surface area contributed by atoms with Crippen molar-refractivity contribution in [2.24, 2.45) is 7.05 Å². The predicted molar refractivity (Wildman–Crippen MR) is 117 cm³/mol. The zero-order valence-corrected chi connectivity index (χ0v) is 18.0. The fourth-order valence-corrected chi connectivity index (χ4v) is 4.07. The predicted octanol–water partition coefficient (Wildman–Crippen LogP) is 3.39. The summed E-state index contributed by atoms with van der Waals surface area (Å²) in [5.41, 5.74) is 1.61. The maximum absolute atomic E-state index is 13.0. The van der Waals surface area contributed by atoms with Gasteiger partial charge < -0.3 is 10.1 Å². The van der Waals surface area contributed by atoms with Gasteiger partial charge in [-0.1, -0.05) is 30.3 Å². The van der Waals surface area contributed by atoms with Crippen LogP contribution >= 0.6 is 11.8 Å². The Hall–Kier alpha value is -3.26. The quantitative estimate of drug-likeness (QED) is 0.484. The summed E-state index contributed by atoms with van der Waals surface area (Å²) >= 11 is 1.23. The van der Waals surface area contributed by atoms with Gasteiger partial charge in [0.2, 0.25) is 0 Å². The van der Waals surface area contributed by atoms with Gasteiger partial charge in [-0.25, -0.2) is 4.68 Å². The van der Waals surface area contributed by atoms with E-state index >= 15 is 0 Å². The first-order valence-corrected chi connectivity index (χ1v) is 10.2. The fourth-order valence-electron chi connectivity index (χ4n) is 3.05. The summed E-state index contributed by atoms with van der Waals surface area (Å²) in [6.07, 6.45) is 0. The number of hydrogen-bond donors (Lipinski definition) is 1. The molecule has 1 unspecified atom stereocenters. The number of esters is 1. The molecule has 3 aromatic rings. The normalized spacial score (nSPS) is 11.7. The molecule has 0 aliphatic carbocycles. The van der Waals surface area contributed by atoms with Crippen LogP contribution in [0.25, 0.3) is 5.69 Å². The van der Waals surface area contributed by atoms with Crippen molar-refractivity contribution in [1.29, 1.82) is 0 Å². The summed E-state index contributed by atoms with van der Waals surface area (Å²) in [5, 5.41) is 2.29. The molecule has 1 amide bonds. The lowest BCUT2D eigenvalue weighted by Gasteiger charge is -2.12. The number of rotatable bonds is 6. The SMILES string of the molecule is COC(=O)C(C)Sc1ccccc1C(=O)Nc1c(C)n(C)n(-c2ccccc2)c1=O. The molecule has 1 N–H and O–H groups in total. The Morgan fingerprint density at radius 2 is 1.70 bits per heavy atom. The van der Waals surface area contributed by atoms with Crippen molar-refractivity contribution in [1.82, 2.24) is 9.36 Å². The van der Waals surface area contributed by atoms with Crippen molar-refractivity contribution < 1.29 is 14.3 Å². The summed E-state index contributed by atoms with van der Waals surface area (Å²) in [4.78, 5) is 38.4. The number of nitrogens with one attached hydrogen (secondary N) is 1. The van der Waals surface area contributed by atoms with Gasteiger partial charge >= 0.3 is 5.97 Å². The van der Waals surface area contributed by atoms with Crippen LogP contribution in [0.5, 0.6) is 0 Å². The first-order valence-electron chi connectivity index (χ1n) is 9.34. The average molecular weight is 426 g/mol. The number of carbonyl (C=O) groups is 2. The molecule has 30 heavy (non-hydrogen) atoms. The van der Waals surface area contributed by atoms with Gasteiger partial charge in [0.05, 0.1) is 24.1 Å². The molecule has 8 heteroatoms. The number of methoxy groups -OCH3 is 1. The molecule has 0 spiro atoms. The summed E-state index contributed by atoms with van der Waals surface area (Å²) in [6.45, 7) is 3.49. The van der Waals surface area contributed by atoms with Crippen LogP contribution in [0.3, 0.4) is 0 Å². The largest absolute Gasteiger partial charge is 0.468 e. The van der Waals surface area contributed by atoms with Crippen molar-refractivity contribution in [2.45, 2.75) is 24.0 Å². The molecular weight excluding hydrogens is 402 g/mol. The van der Waals surface area contributed by atoms with E-state index in [1.807, 2.05) is 30.3 Å². The van der Waals surface area contributed by atoms with Crippen LogP contribution in [0.4, 0.5) is 5.69 Å². The van der Waals surface area contributed by atoms with Gasteiger partial charge in [-0.3, -0.25) is 19.1 Å². The van der Waals surface area contributed by atoms with E-state index in [4.69, 9.17) is 4.74 Å². The lowest BCUT2D eigenvalue weighted by molar-refractivity contribution is -0.139. The van der Waals surface area contributed by atoms with Gasteiger partial charge in [-0.2, -0.15) is 0 Å². The number of carbonyl (C=O) groups excluding carboxylic acids is 2. The van der Waals surface area contributed by atoms with E-state index in [1.54, 1.807) is 49.8 Å². The minimum Gasteiger partial charge on any atom is -0.468 e. The minimum absolute atomic E-state index is 0.215. The van der Waals surface area contributed by atoms with Crippen LogP contribution in [0.1, 0.15) is 23.0 Å². The van der Waals surface area contributed by atoms with E-state index in [-0.39, 0.29) is 17.2 Å². The molecule has 1 atom stereocenters. The highest BCUT2D eigenvalue weighted by molar-refractivity contribution is 8.00. The smallest absolute Gasteiger partial charge is 0.318 e. The molecule has 0 aliphatic rings. The maximum Gasteiger partial charge on any atom is 0.318 e. The number of para-hydroxylation sites is 1. The second kappa shape index (κ2) is 9.04. The lowest BCUT2D eigenvalue weighted by Crippen LogP contribution is -2.23. The van der Waals surface area contributed by atoms with Crippen LogP contribution in [-0.2, 0) is 16.6 Å². The average Bonchev–Trinajstić information content (AvgIpc) is 2.97. The van der Waals surface area contributed by atoms with Crippen LogP contribution in [0.15, 0.2) is 64.3 Å². The Kier molecular flexibility index (Phi) is 6.47. The zero-order valence-electron chi connectivity index (χ0n) is 17.2. The third-order valence-electron chi connectivity index (χ3n) is 4.76. The van der Waals surface area contributed by atoms with Crippen molar-refractivity contribution in [3.63, 3.8) is 0 Å². The number of amides is 1.